The average molecular weight is 509 g/mol. The van der Waals surface area contributed by atoms with E-state index in [1.165, 1.54) is 44.9 Å². The Morgan fingerprint density at radius 1 is 1.08 bits per heavy atom. The molecular formula is C28H37FN6O2. The van der Waals surface area contributed by atoms with Gasteiger partial charge in [0.1, 0.15) is 17.5 Å². The van der Waals surface area contributed by atoms with E-state index in [1.807, 2.05) is 13.8 Å². The molecule has 0 bridgehead atoms. The van der Waals surface area contributed by atoms with Gasteiger partial charge in [0.05, 0.1) is 0 Å². The molecule has 3 aromatic rings. The maximum absolute atomic E-state index is 15.6. The quantitative estimate of drug-likeness (QED) is 0.418. The van der Waals surface area contributed by atoms with Crippen molar-refractivity contribution in [3.05, 3.63) is 30.0 Å². The second-order valence-electron chi connectivity index (χ2n) is 11.0. The number of aromatic nitrogens is 5. The molecule has 8 nitrogen and oxygen atoms in total. The van der Waals surface area contributed by atoms with Crippen LogP contribution < -0.4 is 5.32 Å². The Hall–Kier alpha value is -3.19. The first-order valence-electron chi connectivity index (χ1n) is 13.5. The number of nitrogens with zero attached hydrogens (tertiary/aromatic N) is 5. The van der Waals surface area contributed by atoms with Crippen molar-refractivity contribution in [3.8, 4) is 11.5 Å². The van der Waals surface area contributed by atoms with Crippen LogP contribution in [0.3, 0.4) is 0 Å². The Morgan fingerprint density at radius 2 is 1.78 bits per heavy atom. The minimum atomic E-state index is -0.281. The summed E-state index contributed by atoms with van der Waals surface area (Å²) in [4.78, 5) is 34.7. The molecule has 0 amide bonds. The van der Waals surface area contributed by atoms with Gasteiger partial charge >= 0.3 is 6.15 Å². The number of anilines is 1. The van der Waals surface area contributed by atoms with Gasteiger partial charge in [-0.3, -0.25) is 0 Å². The Labute approximate surface area is 217 Å². The monoisotopic (exact) mass is 508 g/mol. The fraction of sp³-hybridized carbons (Fsp3) is 0.607. The normalized spacial score (nSPS) is 20.6. The predicted octanol–water partition coefficient (Wildman–Crippen LogP) is 5.99. The van der Waals surface area contributed by atoms with Gasteiger partial charge in [0.2, 0.25) is 0 Å². The number of halogens is 1. The van der Waals surface area contributed by atoms with E-state index in [4.69, 9.17) is 14.6 Å². The van der Waals surface area contributed by atoms with Crippen LogP contribution in [0.1, 0.15) is 84.1 Å². The third kappa shape index (κ3) is 5.87. The van der Waals surface area contributed by atoms with E-state index < -0.39 is 0 Å². The lowest BCUT2D eigenvalue weighted by atomic mass is 9.80. The highest BCUT2D eigenvalue weighted by Gasteiger charge is 2.28. The van der Waals surface area contributed by atoms with Gasteiger partial charge < -0.3 is 9.88 Å². The molecule has 0 radical (unpaired) electrons. The van der Waals surface area contributed by atoms with E-state index in [0.29, 0.717) is 40.6 Å². The fourth-order valence-corrected chi connectivity index (χ4v) is 5.53. The number of imidazole rings is 1. The SMILES string of the molecule is CC1CCC(Cn2c(-c3nccc(C(C)C)c3F)nc3ncnc(N[C@H](C)C4CCC4)c32)CC1.O=C=O. The molecule has 3 heterocycles. The van der Waals surface area contributed by atoms with E-state index in [-0.39, 0.29) is 17.9 Å². The van der Waals surface area contributed by atoms with E-state index in [2.05, 4.69) is 38.7 Å². The number of hydrogen-bond donors (Lipinski definition) is 1. The number of rotatable bonds is 7. The van der Waals surface area contributed by atoms with Crippen LogP contribution in [0.25, 0.3) is 22.7 Å². The van der Waals surface area contributed by atoms with Gasteiger partial charge in [-0.2, -0.15) is 9.59 Å². The molecule has 2 aliphatic rings. The maximum atomic E-state index is 15.6. The molecular weight excluding hydrogens is 471 g/mol. The second kappa shape index (κ2) is 11.9. The topological polar surface area (TPSA) is 103 Å². The summed E-state index contributed by atoms with van der Waals surface area (Å²) in [6.45, 7) is 9.36. The summed E-state index contributed by atoms with van der Waals surface area (Å²) in [6.07, 6.45) is 12.2. The first kappa shape index (κ1) is 26.9. The molecule has 2 fully saturated rings. The maximum Gasteiger partial charge on any atom is 0.373 e. The Morgan fingerprint density at radius 3 is 2.41 bits per heavy atom. The standard InChI is InChI=1S/C27H37FN6.CO2/c1-16(2)21-12-13-29-23(22(21)28)27-33-26-24(34(27)14-19-10-8-17(3)9-11-19)25(30-15-31-26)32-18(4)20-6-5-7-20;2-1-3/h12-13,15-20H,5-11,14H2,1-4H3,(H,30,31,32);/t17?,18-,19?;/m1./s1. The molecule has 3 aromatic heterocycles. The third-order valence-electron chi connectivity index (χ3n) is 8.09. The highest BCUT2D eigenvalue weighted by molar-refractivity contribution is 5.86. The van der Waals surface area contributed by atoms with Gasteiger partial charge in [-0.1, -0.05) is 40.0 Å². The molecule has 1 atom stereocenters. The molecule has 2 saturated carbocycles. The fourth-order valence-electron chi connectivity index (χ4n) is 5.53. The minimum absolute atomic E-state index is 0.0692. The summed E-state index contributed by atoms with van der Waals surface area (Å²) in [5.41, 5.74) is 2.46. The number of fused-ring (bicyclic) bond motifs is 1. The van der Waals surface area contributed by atoms with Gasteiger partial charge in [-0.15, -0.1) is 0 Å². The van der Waals surface area contributed by atoms with E-state index in [0.717, 1.165) is 23.8 Å². The number of pyridine rings is 1. The van der Waals surface area contributed by atoms with E-state index >= 15 is 4.39 Å². The highest BCUT2D eigenvalue weighted by Crippen LogP contribution is 2.36. The molecule has 5 rings (SSSR count). The summed E-state index contributed by atoms with van der Waals surface area (Å²) in [5.74, 6) is 3.13. The Bertz CT molecular complexity index is 1240. The summed E-state index contributed by atoms with van der Waals surface area (Å²) >= 11 is 0. The lowest BCUT2D eigenvalue weighted by Gasteiger charge is -2.32. The van der Waals surface area contributed by atoms with Gasteiger partial charge in [-0.25, -0.2) is 24.3 Å². The van der Waals surface area contributed by atoms with Gasteiger partial charge in [0, 0.05) is 18.8 Å². The van der Waals surface area contributed by atoms with Crippen molar-refractivity contribution in [1.29, 1.82) is 0 Å². The number of nitrogens with one attached hydrogen (secondary N) is 1. The highest BCUT2D eigenvalue weighted by atomic mass is 19.1. The Kier molecular flexibility index (Phi) is 8.64. The number of carbonyl (C=O) groups excluding carboxylic acids is 2. The van der Waals surface area contributed by atoms with Crippen molar-refractivity contribution in [2.45, 2.75) is 91.1 Å². The summed E-state index contributed by atoms with van der Waals surface area (Å²) in [5, 5.41) is 3.65. The van der Waals surface area contributed by atoms with Crippen LogP contribution in [0.4, 0.5) is 10.2 Å². The van der Waals surface area contributed by atoms with Crippen molar-refractivity contribution in [1.82, 2.24) is 24.5 Å². The van der Waals surface area contributed by atoms with Gasteiger partial charge in [0.25, 0.3) is 0 Å². The predicted molar refractivity (Wildman–Crippen MR) is 139 cm³/mol. The second-order valence-corrected chi connectivity index (χ2v) is 11.0. The lowest BCUT2D eigenvalue weighted by Crippen LogP contribution is -2.31. The van der Waals surface area contributed by atoms with Crippen LogP contribution in [0.15, 0.2) is 18.6 Å². The molecule has 2 aliphatic carbocycles. The zero-order valence-electron chi connectivity index (χ0n) is 22.2. The van der Waals surface area contributed by atoms with Crippen LogP contribution in [0, 0.1) is 23.6 Å². The van der Waals surface area contributed by atoms with E-state index in [9.17, 15) is 0 Å². The smallest absolute Gasteiger partial charge is 0.365 e. The molecule has 1 N–H and O–H groups in total. The minimum Gasteiger partial charge on any atom is -0.365 e. The first-order chi connectivity index (χ1) is 17.8. The summed E-state index contributed by atoms with van der Waals surface area (Å²) < 4.78 is 17.8. The molecule has 0 spiro atoms. The van der Waals surface area contributed by atoms with Crippen LogP contribution >= 0.6 is 0 Å². The zero-order valence-corrected chi connectivity index (χ0v) is 22.2. The molecule has 37 heavy (non-hydrogen) atoms. The van der Waals surface area contributed by atoms with Crippen LogP contribution in [0.5, 0.6) is 0 Å². The number of hydrogen-bond acceptors (Lipinski definition) is 7. The summed E-state index contributed by atoms with van der Waals surface area (Å²) in [7, 11) is 0. The molecule has 9 heteroatoms. The van der Waals surface area contributed by atoms with Crippen molar-refractivity contribution >= 4 is 23.1 Å². The lowest BCUT2D eigenvalue weighted by molar-refractivity contribution is -0.191. The molecule has 0 unspecified atom stereocenters. The summed E-state index contributed by atoms with van der Waals surface area (Å²) in [6, 6.07) is 2.10. The van der Waals surface area contributed by atoms with Crippen LogP contribution in [-0.2, 0) is 16.1 Å². The van der Waals surface area contributed by atoms with Crippen molar-refractivity contribution in [3.63, 3.8) is 0 Å². The van der Waals surface area contributed by atoms with Crippen molar-refractivity contribution < 1.29 is 14.0 Å². The van der Waals surface area contributed by atoms with Crippen molar-refractivity contribution in [2.24, 2.45) is 17.8 Å². The van der Waals surface area contributed by atoms with Gasteiger partial charge in [-0.05, 0) is 67.9 Å². The molecule has 0 aromatic carbocycles. The van der Waals surface area contributed by atoms with Crippen molar-refractivity contribution in [2.75, 3.05) is 5.32 Å². The Balaban J connectivity index is 0.00000102. The average Bonchev–Trinajstić information content (AvgIpc) is 3.19. The first-order valence-corrected chi connectivity index (χ1v) is 13.5. The van der Waals surface area contributed by atoms with Crippen LogP contribution in [-0.4, -0.2) is 36.7 Å². The molecule has 0 saturated heterocycles. The third-order valence-corrected chi connectivity index (χ3v) is 8.09. The molecule has 198 valence electrons. The van der Waals surface area contributed by atoms with E-state index in [1.54, 1.807) is 18.6 Å². The molecule has 0 aliphatic heterocycles. The largest absolute Gasteiger partial charge is 0.373 e. The zero-order chi connectivity index (χ0) is 26.5. The van der Waals surface area contributed by atoms with Crippen LogP contribution in [0.2, 0.25) is 0 Å². The van der Waals surface area contributed by atoms with Gasteiger partial charge in [0.15, 0.2) is 23.1 Å².